The van der Waals surface area contributed by atoms with E-state index in [-0.39, 0.29) is 19.4 Å². The van der Waals surface area contributed by atoms with Crippen LogP contribution in [0.1, 0.15) is 226 Å². The first kappa shape index (κ1) is 55.2. The summed E-state index contributed by atoms with van der Waals surface area (Å²) in [6, 6.07) is -1.52. The number of rotatable bonds is 44. The standard InChI is InChI=1S/C45H86NO10P/c1-3-5-7-9-11-13-15-17-19-20-21-22-23-25-26-28-30-32-34-36-43(47)53-38-41(39-54-57(51,52)55-40-42(46)45(49)50)56-44(48)37-35-33-31-29-27-24-18-16-14-12-10-8-6-4-2/h16,18,41-42H,3-15,17,19-40,46H2,1-2H3,(H,49,50)(H,51,52)/b18-16-. The minimum Gasteiger partial charge on any atom is -0.480 e. The molecule has 57 heavy (non-hydrogen) atoms. The molecule has 4 N–H and O–H groups in total. The molecule has 0 aliphatic heterocycles. The van der Waals surface area contributed by atoms with E-state index in [0.29, 0.717) is 12.8 Å². The third-order valence-electron chi connectivity index (χ3n) is 10.3. The Hall–Kier alpha value is -1.78. The Morgan fingerprint density at radius 1 is 0.526 bits per heavy atom. The number of phosphoric ester groups is 1. The van der Waals surface area contributed by atoms with Gasteiger partial charge in [0.2, 0.25) is 0 Å². The highest BCUT2D eigenvalue weighted by molar-refractivity contribution is 7.47. The maximum absolute atomic E-state index is 12.6. The largest absolute Gasteiger partial charge is 0.480 e. The summed E-state index contributed by atoms with van der Waals surface area (Å²) in [6.07, 6.45) is 41.3. The maximum atomic E-state index is 12.6. The molecule has 0 saturated carbocycles. The zero-order chi connectivity index (χ0) is 42.1. The molecule has 336 valence electrons. The Kier molecular flexibility index (Phi) is 39.7. The van der Waals surface area contributed by atoms with Gasteiger partial charge in [-0.3, -0.25) is 23.4 Å². The fraction of sp³-hybridized carbons (Fsp3) is 0.889. The van der Waals surface area contributed by atoms with Crippen molar-refractivity contribution >= 4 is 25.7 Å². The maximum Gasteiger partial charge on any atom is 0.472 e. The molecule has 0 bridgehead atoms. The number of hydrogen-bond donors (Lipinski definition) is 3. The fourth-order valence-corrected chi connectivity index (χ4v) is 7.37. The Bertz CT molecular complexity index is 1030. The molecule has 0 aliphatic rings. The van der Waals surface area contributed by atoms with Crippen LogP contribution in [0.3, 0.4) is 0 Å². The lowest BCUT2D eigenvalue weighted by Gasteiger charge is -2.20. The van der Waals surface area contributed by atoms with Gasteiger partial charge in [0.15, 0.2) is 6.10 Å². The number of carboxylic acid groups (broad SMARTS) is 1. The van der Waals surface area contributed by atoms with Crippen molar-refractivity contribution in [2.45, 2.75) is 238 Å². The predicted molar refractivity (Wildman–Crippen MR) is 231 cm³/mol. The summed E-state index contributed by atoms with van der Waals surface area (Å²) in [7, 11) is -4.71. The molecule has 12 heteroatoms. The number of ether oxygens (including phenoxy) is 2. The Labute approximate surface area is 348 Å². The van der Waals surface area contributed by atoms with Gasteiger partial charge in [0.1, 0.15) is 12.6 Å². The van der Waals surface area contributed by atoms with E-state index in [9.17, 15) is 23.8 Å². The highest BCUT2D eigenvalue weighted by Gasteiger charge is 2.28. The van der Waals surface area contributed by atoms with E-state index in [2.05, 4.69) is 30.5 Å². The summed E-state index contributed by atoms with van der Waals surface area (Å²) < 4.78 is 32.7. The molecule has 0 fully saturated rings. The average Bonchev–Trinajstić information content (AvgIpc) is 3.19. The van der Waals surface area contributed by atoms with Gasteiger partial charge in [-0.25, -0.2) is 4.57 Å². The van der Waals surface area contributed by atoms with E-state index < -0.39 is 51.1 Å². The molecule has 0 aromatic rings. The van der Waals surface area contributed by atoms with Gasteiger partial charge >= 0.3 is 25.7 Å². The van der Waals surface area contributed by atoms with E-state index in [4.69, 9.17) is 24.8 Å². The number of phosphoric acid groups is 1. The number of nitrogens with two attached hydrogens (primary N) is 1. The van der Waals surface area contributed by atoms with Crippen LogP contribution in [0.4, 0.5) is 0 Å². The van der Waals surface area contributed by atoms with Crippen LogP contribution in [0, 0.1) is 0 Å². The molecule has 3 atom stereocenters. The number of unbranched alkanes of at least 4 members (excludes halogenated alkanes) is 28. The minimum atomic E-state index is -4.71. The highest BCUT2D eigenvalue weighted by Crippen LogP contribution is 2.43. The summed E-state index contributed by atoms with van der Waals surface area (Å²) in [5.74, 6) is -2.37. The van der Waals surface area contributed by atoms with E-state index in [0.717, 1.165) is 57.8 Å². The third kappa shape index (κ3) is 40.8. The van der Waals surface area contributed by atoms with Gasteiger partial charge in [0, 0.05) is 12.8 Å². The molecule has 0 amide bonds. The van der Waals surface area contributed by atoms with Gasteiger partial charge in [0.05, 0.1) is 13.2 Å². The van der Waals surface area contributed by atoms with Crippen LogP contribution >= 0.6 is 7.82 Å². The average molecular weight is 832 g/mol. The summed E-state index contributed by atoms with van der Waals surface area (Å²) in [4.78, 5) is 46.0. The third-order valence-corrected chi connectivity index (χ3v) is 11.2. The number of aliphatic carboxylic acids is 1. The van der Waals surface area contributed by atoms with Crippen molar-refractivity contribution in [1.82, 2.24) is 0 Å². The van der Waals surface area contributed by atoms with Crippen LogP contribution in [0.2, 0.25) is 0 Å². The second-order valence-electron chi connectivity index (χ2n) is 15.9. The normalized spacial score (nSPS) is 13.8. The van der Waals surface area contributed by atoms with Crippen molar-refractivity contribution in [3.05, 3.63) is 12.2 Å². The zero-order valence-electron chi connectivity index (χ0n) is 36.5. The van der Waals surface area contributed by atoms with Gasteiger partial charge in [-0.15, -0.1) is 0 Å². The van der Waals surface area contributed by atoms with Crippen molar-refractivity contribution in [1.29, 1.82) is 0 Å². The van der Waals surface area contributed by atoms with Gasteiger partial charge in [-0.1, -0.05) is 187 Å². The van der Waals surface area contributed by atoms with Crippen LogP contribution in [-0.2, 0) is 37.5 Å². The van der Waals surface area contributed by atoms with Crippen LogP contribution < -0.4 is 5.73 Å². The Balaban J connectivity index is 4.27. The predicted octanol–water partition coefficient (Wildman–Crippen LogP) is 12.5. The number of allylic oxidation sites excluding steroid dienone is 2. The van der Waals surface area contributed by atoms with Crippen molar-refractivity contribution in [2.75, 3.05) is 19.8 Å². The smallest absolute Gasteiger partial charge is 0.472 e. The second kappa shape index (κ2) is 41.0. The Morgan fingerprint density at radius 3 is 1.28 bits per heavy atom. The van der Waals surface area contributed by atoms with Crippen LogP contribution in [-0.4, -0.2) is 59.9 Å². The molecule has 11 nitrogen and oxygen atoms in total. The lowest BCUT2D eigenvalue weighted by atomic mass is 10.0. The van der Waals surface area contributed by atoms with E-state index >= 15 is 0 Å². The van der Waals surface area contributed by atoms with E-state index in [1.807, 2.05) is 0 Å². The quantitative estimate of drug-likeness (QED) is 0.0231. The summed E-state index contributed by atoms with van der Waals surface area (Å²) in [5, 5.41) is 8.89. The monoisotopic (exact) mass is 832 g/mol. The van der Waals surface area contributed by atoms with E-state index in [1.165, 1.54) is 128 Å². The Morgan fingerprint density at radius 2 is 0.877 bits per heavy atom. The first-order chi connectivity index (χ1) is 27.6. The number of hydrogen-bond acceptors (Lipinski definition) is 9. The molecule has 0 saturated heterocycles. The SMILES string of the molecule is CCCCCCC/C=C\CCCCCCCC(=O)OC(COC(=O)CCCCCCCCCCCCCCCCCCCCC)COP(=O)(O)OCC(N)C(=O)O. The van der Waals surface area contributed by atoms with Crippen molar-refractivity contribution in [3.8, 4) is 0 Å². The van der Waals surface area contributed by atoms with Gasteiger partial charge < -0.3 is 25.2 Å². The number of carboxylic acids is 1. The first-order valence-corrected chi connectivity index (χ1v) is 24.7. The molecule has 0 aromatic heterocycles. The first-order valence-electron chi connectivity index (χ1n) is 23.2. The molecule has 0 spiro atoms. The van der Waals surface area contributed by atoms with Crippen LogP contribution in [0.15, 0.2) is 12.2 Å². The van der Waals surface area contributed by atoms with Crippen molar-refractivity contribution in [2.24, 2.45) is 5.73 Å². The molecular weight excluding hydrogens is 745 g/mol. The summed E-state index contributed by atoms with van der Waals surface area (Å²) in [6.45, 7) is 2.82. The number of carbonyl (C=O) groups excluding carboxylic acids is 2. The zero-order valence-corrected chi connectivity index (χ0v) is 37.3. The fourth-order valence-electron chi connectivity index (χ4n) is 6.59. The second-order valence-corrected chi connectivity index (χ2v) is 17.3. The number of carbonyl (C=O) groups is 3. The summed E-state index contributed by atoms with van der Waals surface area (Å²) in [5.41, 5.74) is 5.34. The molecule has 3 unspecified atom stereocenters. The van der Waals surface area contributed by atoms with Gasteiger partial charge in [-0.2, -0.15) is 0 Å². The molecular formula is C45H86NO10P. The lowest BCUT2D eigenvalue weighted by Crippen LogP contribution is -2.34. The highest BCUT2D eigenvalue weighted by atomic mass is 31.2. The molecule has 0 radical (unpaired) electrons. The molecule has 0 heterocycles. The van der Waals surface area contributed by atoms with Crippen LogP contribution in [0.5, 0.6) is 0 Å². The lowest BCUT2D eigenvalue weighted by molar-refractivity contribution is -0.161. The minimum absolute atomic E-state index is 0.155. The van der Waals surface area contributed by atoms with Crippen molar-refractivity contribution < 1.29 is 47.5 Å². The van der Waals surface area contributed by atoms with Crippen molar-refractivity contribution in [3.63, 3.8) is 0 Å². The van der Waals surface area contributed by atoms with E-state index in [1.54, 1.807) is 0 Å². The topological polar surface area (TPSA) is 172 Å². The summed E-state index contributed by atoms with van der Waals surface area (Å²) >= 11 is 0. The van der Waals surface area contributed by atoms with Gasteiger partial charge in [-0.05, 0) is 38.5 Å². The number of esters is 2. The molecule has 0 rings (SSSR count). The molecule has 0 aliphatic carbocycles. The van der Waals surface area contributed by atoms with Crippen LogP contribution in [0.25, 0.3) is 0 Å². The van der Waals surface area contributed by atoms with Gasteiger partial charge in [0.25, 0.3) is 0 Å². The molecule has 0 aromatic carbocycles.